The number of nitrogens with one attached hydrogen (secondary N) is 1. The fourth-order valence-corrected chi connectivity index (χ4v) is 3.71. The SMILES string of the molecule is O=C(NC1CCCCC1O)C1CCCCS1. The lowest BCUT2D eigenvalue weighted by molar-refractivity contribution is -0.122. The van der Waals surface area contributed by atoms with E-state index in [-0.39, 0.29) is 23.3 Å². The van der Waals surface area contributed by atoms with Crippen molar-refractivity contribution in [1.82, 2.24) is 5.32 Å². The van der Waals surface area contributed by atoms with E-state index in [4.69, 9.17) is 0 Å². The van der Waals surface area contributed by atoms with Crippen molar-refractivity contribution >= 4 is 17.7 Å². The molecule has 0 aromatic carbocycles. The lowest BCUT2D eigenvalue weighted by atomic mass is 9.92. The fraction of sp³-hybridized carbons (Fsp3) is 0.917. The molecule has 0 aromatic rings. The summed E-state index contributed by atoms with van der Waals surface area (Å²) in [4.78, 5) is 12.0. The van der Waals surface area contributed by atoms with Crippen molar-refractivity contribution in [3.8, 4) is 0 Å². The van der Waals surface area contributed by atoms with Crippen molar-refractivity contribution in [2.45, 2.75) is 62.3 Å². The van der Waals surface area contributed by atoms with Crippen LogP contribution in [0.25, 0.3) is 0 Å². The second-order valence-corrected chi connectivity index (χ2v) is 6.13. The number of aliphatic hydroxyl groups excluding tert-OH is 1. The number of carbonyl (C=O) groups is 1. The summed E-state index contributed by atoms with van der Waals surface area (Å²) in [7, 11) is 0. The van der Waals surface area contributed by atoms with Gasteiger partial charge in [0.1, 0.15) is 0 Å². The summed E-state index contributed by atoms with van der Waals surface area (Å²) in [5.41, 5.74) is 0. The predicted octanol–water partition coefficient (Wildman–Crippen LogP) is 1.69. The minimum atomic E-state index is -0.328. The maximum Gasteiger partial charge on any atom is 0.233 e. The molecule has 3 atom stereocenters. The van der Waals surface area contributed by atoms with Gasteiger partial charge in [0, 0.05) is 0 Å². The van der Waals surface area contributed by atoms with Crippen molar-refractivity contribution < 1.29 is 9.90 Å². The van der Waals surface area contributed by atoms with E-state index in [2.05, 4.69) is 5.32 Å². The summed E-state index contributed by atoms with van der Waals surface area (Å²) in [6, 6.07) is 0.00350. The Kier molecular flexibility index (Phi) is 4.53. The molecule has 2 N–H and O–H groups in total. The largest absolute Gasteiger partial charge is 0.391 e. The fourth-order valence-electron chi connectivity index (χ4n) is 2.50. The highest BCUT2D eigenvalue weighted by Gasteiger charge is 2.28. The Morgan fingerprint density at radius 1 is 1.12 bits per heavy atom. The van der Waals surface area contributed by atoms with Gasteiger partial charge in [0.2, 0.25) is 5.91 Å². The molecule has 3 nitrogen and oxygen atoms in total. The molecule has 1 heterocycles. The minimum absolute atomic E-state index is 0.00350. The zero-order valence-corrected chi connectivity index (χ0v) is 10.5. The van der Waals surface area contributed by atoms with Crippen LogP contribution in [0.5, 0.6) is 0 Å². The highest BCUT2D eigenvalue weighted by atomic mass is 32.2. The molecular weight excluding hydrogens is 222 g/mol. The second kappa shape index (κ2) is 5.92. The third kappa shape index (κ3) is 3.14. The molecule has 3 unspecified atom stereocenters. The van der Waals surface area contributed by atoms with E-state index in [0.717, 1.165) is 44.3 Å². The molecule has 1 aliphatic carbocycles. The monoisotopic (exact) mass is 243 g/mol. The number of carbonyl (C=O) groups excluding carboxylic acids is 1. The van der Waals surface area contributed by atoms with Crippen LogP contribution in [0.1, 0.15) is 44.9 Å². The quantitative estimate of drug-likeness (QED) is 0.776. The topological polar surface area (TPSA) is 49.3 Å². The Hall–Kier alpha value is -0.220. The van der Waals surface area contributed by atoms with Gasteiger partial charge < -0.3 is 10.4 Å². The van der Waals surface area contributed by atoms with E-state index in [0.29, 0.717) is 0 Å². The van der Waals surface area contributed by atoms with E-state index in [1.807, 2.05) is 0 Å². The lowest BCUT2D eigenvalue weighted by Crippen LogP contribution is -2.48. The maximum absolute atomic E-state index is 12.0. The van der Waals surface area contributed by atoms with Gasteiger partial charge in [-0.2, -0.15) is 0 Å². The molecule has 4 heteroatoms. The Balaban J connectivity index is 1.80. The first-order valence-electron chi connectivity index (χ1n) is 6.37. The van der Waals surface area contributed by atoms with Gasteiger partial charge in [0.25, 0.3) is 0 Å². The Bertz CT molecular complexity index is 241. The summed E-state index contributed by atoms with van der Waals surface area (Å²) >= 11 is 1.77. The average molecular weight is 243 g/mol. The van der Waals surface area contributed by atoms with Gasteiger partial charge in [-0.1, -0.05) is 19.3 Å². The maximum atomic E-state index is 12.0. The van der Waals surface area contributed by atoms with Crippen molar-refractivity contribution in [1.29, 1.82) is 0 Å². The summed E-state index contributed by atoms with van der Waals surface area (Å²) in [5.74, 6) is 1.25. The predicted molar refractivity (Wildman–Crippen MR) is 66.5 cm³/mol. The van der Waals surface area contributed by atoms with Crippen LogP contribution in [0.2, 0.25) is 0 Å². The molecular formula is C12H21NO2S. The van der Waals surface area contributed by atoms with Crippen LogP contribution < -0.4 is 5.32 Å². The van der Waals surface area contributed by atoms with Gasteiger partial charge in [0.05, 0.1) is 17.4 Å². The van der Waals surface area contributed by atoms with Crippen LogP contribution in [0.3, 0.4) is 0 Å². The molecule has 1 saturated heterocycles. The molecule has 0 spiro atoms. The number of hydrogen-bond donors (Lipinski definition) is 2. The zero-order chi connectivity index (χ0) is 11.4. The summed E-state index contributed by atoms with van der Waals surface area (Å²) in [6.07, 6.45) is 7.06. The van der Waals surface area contributed by atoms with Gasteiger partial charge in [0.15, 0.2) is 0 Å². The molecule has 0 radical (unpaired) electrons. The summed E-state index contributed by atoms with van der Waals surface area (Å²) in [6.45, 7) is 0. The molecule has 2 rings (SSSR count). The van der Waals surface area contributed by atoms with Crippen LogP contribution in [0.4, 0.5) is 0 Å². The third-order valence-corrected chi connectivity index (χ3v) is 4.91. The van der Waals surface area contributed by atoms with Gasteiger partial charge in [-0.15, -0.1) is 11.8 Å². The molecule has 92 valence electrons. The lowest BCUT2D eigenvalue weighted by Gasteiger charge is -2.30. The number of amides is 1. The molecule has 1 saturated carbocycles. The number of aliphatic hydroxyl groups is 1. The van der Waals surface area contributed by atoms with Crippen LogP contribution in [0.15, 0.2) is 0 Å². The Morgan fingerprint density at radius 3 is 2.56 bits per heavy atom. The molecule has 16 heavy (non-hydrogen) atoms. The third-order valence-electron chi connectivity index (χ3n) is 3.53. The van der Waals surface area contributed by atoms with Crippen molar-refractivity contribution in [3.63, 3.8) is 0 Å². The molecule has 2 fully saturated rings. The van der Waals surface area contributed by atoms with Gasteiger partial charge >= 0.3 is 0 Å². The first-order valence-corrected chi connectivity index (χ1v) is 7.42. The standard InChI is InChI=1S/C12H21NO2S/c14-10-6-2-1-5-9(10)13-12(15)11-7-3-4-8-16-11/h9-11,14H,1-8H2,(H,13,15). The molecule has 0 bridgehead atoms. The van der Waals surface area contributed by atoms with Crippen LogP contribution in [-0.2, 0) is 4.79 Å². The Morgan fingerprint density at radius 2 is 1.88 bits per heavy atom. The number of rotatable bonds is 2. The van der Waals surface area contributed by atoms with Gasteiger partial charge in [-0.05, 0) is 31.4 Å². The molecule has 0 aromatic heterocycles. The van der Waals surface area contributed by atoms with Crippen LogP contribution >= 0.6 is 11.8 Å². The first-order chi connectivity index (χ1) is 7.77. The Labute approximate surface area is 101 Å². The number of thioether (sulfide) groups is 1. The second-order valence-electron chi connectivity index (χ2n) is 4.82. The van der Waals surface area contributed by atoms with Crippen LogP contribution in [0, 0.1) is 0 Å². The van der Waals surface area contributed by atoms with E-state index in [1.165, 1.54) is 6.42 Å². The minimum Gasteiger partial charge on any atom is -0.391 e. The summed E-state index contributed by atoms with van der Waals surface area (Å²) < 4.78 is 0. The van der Waals surface area contributed by atoms with Crippen LogP contribution in [-0.4, -0.2) is 34.2 Å². The van der Waals surface area contributed by atoms with E-state index in [1.54, 1.807) is 11.8 Å². The molecule has 2 aliphatic rings. The van der Waals surface area contributed by atoms with Gasteiger partial charge in [-0.3, -0.25) is 4.79 Å². The summed E-state index contributed by atoms with van der Waals surface area (Å²) in [5, 5.41) is 13.0. The van der Waals surface area contributed by atoms with Gasteiger partial charge in [-0.25, -0.2) is 0 Å². The highest BCUT2D eigenvalue weighted by molar-refractivity contribution is 8.00. The first kappa shape index (κ1) is 12.2. The zero-order valence-electron chi connectivity index (χ0n) is 9.65. The molecule has 1 aliphatic heterocycles. The van der Waals surface area contributed by atoms with Crippen molar-refractivity contribution in [3.05, 3.63) is 0 Å². The van der Waals surface area contributed by atoms with E-state index < -0.39 is 0 Å². The van der Waals surface area contributed by atoms with E-state index >= 15 is 0 Å². The van der Waals surface area contributed by atoms with Crippen molar-refractivity contribution in [2.75, 3.05) is 5.75 Å². The van der Waals surface area contributed by atoms with E-state index in [9.17, 15) is 9.90 Å². The smallest absolute Gasteiger partial charge is 0.233 e. The van der Waals surface area contributed by atoms with Crippen molar-refractivity contribution in [2.24, 2.45) is 0 Å². The average Bonchev–Trinajstić information content (AvgIpc) is 2.33. The molecule has 1 amide bonds. The number of hydrogen-bond acceptors (Lipinski definition) is 3. The highest BCUT2D eigenvalue weighted by Crippen LogP contribution is 2.26. The normalized spacial score (nSPS) is 35.7.